The monoisotopic (exact) mass is 467 g/mol. The van der Waals surface area contributed by atoms with Crippen LogP contribution in [0.2, 0.25) is 0 Å². The smallest absolute Gasteiger partial charge is 0.324 e. The van der Waals surface area contributed by atoms with E-state index in [0.29, 0.717) is 30.1 Å². The second-order valence-corrected chi connectivity index (χ2v) is 8.94. The molecular formula is C25H24F3N5O. The summed E-state index contributed by atoms with van der Waals surface area (Å²) < 4.78 is 42.6. The Morgan fingerprint density at radius 3 is 2.47 bits per heavy atom. The first-order chi connectivity index (χ1) is 16.1. The summed E-state index contributed by atoms with van der Waals surface area (Å²) in [5.41, 5.74) is 7.26. The van der Waals surface area contributed by atoms with E-state index < -0.39 is 29.2 Å². The highest BCUT2D eigenvalue weighted by Gasteiger charge is 2.22. The lowest BCUT2D eigenvalue weighted by Gasteiger charge is -2.14. The molecule has 0 saturated heterocycles. The molecule has 0 atom stereocenters. The molecule has 0 spiro atoms. The molecule has 0 radical (unpaired) electrons. The lowest BCUT2D eigenvalue weighted by molar-refractivity contribution is 0.262. The second-order valence-electron chi connectivity index (χ2n) is 8.94. The van der Waals surface area contributed by atoms with Gasteiger partial charge in [-0.3, -0.25) is 5.32 Å². The largest absolute Gasteiger partial charge is 0.326 e. The van der Waals surface area contributed by atoms with Crippen molar-refractivity contribution < 1.29 is 18.0 Å². The molecule has 0 saturated carbocycles. The zero-order valence-electron chi connectivity index (χ0n) is 18.9. The van der Waals surface area contributed by atoms with Crippen molar-refractivity contribution in [2.24, 2.45) is 5.73 Å². The average Bonchev–Trinajstić information content (AvgIpc) is 3.20. The normalized spacial score (nSPS) is 11.6. The molecule has 9 heteroatoms. The topological polar surface area (TPSA) is 85.0 Å². The lowest BCUT2D eigenvalue weighted by Crippen LogP contribution is -2.22. The van der Waals surface area contributed by atoms with Crippen molar-refractivity contribution in [1.82, 2.24) is 9.78 Å². The number of aromatic nitrogens is 2. The van der Waals surface area contributed by atoms with E-state index in [-0.39, 0.29) is 11.2 Å². The van der Waals surface area contributed by atoms with Gasteiger partial charge in [0.2, 0.25) is 0 Å². The first-order valence-electron chi connectivity index (χ1n) is 10.6. The van der Waals surface area contributed by atoms with Crippen molar-refractivity contribution in [3.63, 3.8) is 0 Å². The van der Waals surface area contributed by atoms with Crippen LogP contribution < -0.4 is 16.4 Å². The minimum Gasteiger partial charge on any atom is -0.326 e. The maximum Gasteiger partial charge on any atom is 0.324 e. The van der Waals surface area contributed by atoms with Gasteiger partial charge in [0.15, 0.2) is 11.6 Å². The van der Waals surface area contributed by atoms with Crippen molar-refractivity contribution >= 4 is 28.3 Å². The summed E-state index contributed by atoms with van der Waals surface area (Å²) in [6, 6.07) is 13.5. The van der Waals surface area contributed by atoms with E-state index in [1.165, 1.54) is 0 Å². The summed E-state index contributed by atoms with van der Waals surface area (Å²) in [5.74, 6) is -3.49. The molecule has 4 aromatic rings. The number of rotatable bonds is 4. The quantitative estimate of drug-likeness (QED) is 0.330. The minimum absolute atomic E-state index is 0.290. The number of nitrogens with one attached hydrogen (secondary N) is 2. The molecule has 0 aliphatic rings. The fraction of sp³-hybridized carbons (Fsp3) is 0.200. The van der Waals surface area contributed by atoms with Gasteiger partial charge < -0.3 is 11.1 Å². The Morgan fingerprint density at radius 2 is 1.76 bits per heavy atom. The fourth-order valence-electron chi connectivity index (χ4n) is 3.61. The number of urea groups is 1. The molecular weight excluding hydrogens is 443 g/mol. The average molecular weight is 467 g/mol. The van der Waals surface area contributed by atoms with Gasteiger partial charge in [-0.2, -0.15) is 5.10 Å². The van der Waals surface area contributed by atoms with E-state index in [1.54, 1.807) is 10.7 Å². The maximum absolute atomic E-state index is 14.0. The molecule has 6 nitrogen and oxygen atoms in total. The molecule has 176 valence electrons. The molecule has 2 amide bonds. The summed E-state index contributed by atoms with van der Waals surface area (Å²) in [4.78, 5) is 12.6. The van der Waals surface area contributed by atoms with Crippen molar-refractivity contribution in [2.75, 3.05) is 10.6 Å². The number of amides is 2. The van der Waals surface area contributed by atoms with Crippen LogP contribution >= 0.6 is 0 Å². The van der Waals surface area contributed by atoms with Crippen LogP contribution in [0.1, 0.15) is 32.0 Å². The first-order valence-corrected chi connectivity index (χ1v) is 10.6. The summed E-state index contributed by atoms with van der Waals surface area (Å²) in [6.45, 7) is 6.22. The summed E-state index contributed by atoms with van der Waals surface area (Å²) >= 11 is 0. The number of hydrogen-bond donors (Lipinski definition) is 3. The number of nitrogens with zero attached hydrogens (tertiary/aromatic N) is 2. The van der Waals surface area contributed by atoms with E-state index in [1.807, 2.05) is 57.2 Å². The van der Waals surface area contributed by atoms with E-state index in [0.717, 1.165) is 16.3 Å². The molecule has 3 aromatic carbocycles. The Kier molecular flexibility index (Phi) is 6.05. The number of fused-ring (bicyclic) bond motifs is 1. The van der Waals surface area contributed by atoms with Gasteiger partial charge in [-0.05, 0) is 28.5 Å². The van der Waals surface area contributed by atoms with Crippen molar-refractivity contribution in [1.29, 1.82) is 0 Å². The number of nitrogens with two attached hydrogens (primary N) is 1. The number of carbonyl (C=O) groups is 1. The molecule has 1 aromatic heterocycles. The third kappa shape index (κ3) is 4.60. The van der Waals surface area contributed by atoms with Gasteiger partial charge in [0.05, 0.1) is 17.1 Å². The summed E-state index contributed by atoms with van der Waals surface area (Å²) in [5, 5.41) is 11.4. The number of benzene rings is 3. The Hall–Kier alpha value is -3.85. The van der Waals surface area contributed by atoms with E-state index in [2.05, 4.69) is 15.7 Å². The van der Waals surface area contributed by atoms with Crippen LogP contribution in [0.4, 0.5) is 29.5 Å². The second kappa shape index (κ2) is 8.83. The van der Waals surface area contributed by atoms with Gasteiger partial charge in [-0.15, -0.1) is 0 Å². The highest BCUT2D eigenvalue weighted by atomic mass is 19.2. The minimum atomic E-state index is -1.40. The predicted octanol–water partition coefficient (Wildman–Crippen LogP) is 5.84. The molecule has 0 unspecified atom stereocenters. The maximum atomic E-state index is 14.0. The van der Waals surface area contributed by atoms with Gasteiger partial charge in [0.1, 0.15) is 11.6 Å². The van der Waals surface area contributed by atoms with Crippen molar-refractivity contribution in [3.8, 4) is 5.69 Å². The highest BCUT2D eigenvalue weighted by molar-refractivity contribution is 5.99. The molecule has 0 fully saturated rings. The summed E-state index contributed by atoms with van der Waals surface area (Å²) in [6.07, 6.45) is 0. The third-order valence-corrected chi connectivity index (χ3v) is 5.36. The van der Waals surface area contributed by atoms with E-state index in [9.17, 15) is 18.0 Å². The van der Waals surface area contributed by atoms with Gasteiger partial charge in [0, 0.05) is 30.2 Å². The predicted molar refractivity (Wildman–Crippen MR) is 127 cm³/mol. The number of hydrogen-bond acceptors (Lipinski definition) is 3. The van der Waals surface area contributed by atoms with Gasteiger partial charge in [0.25, 0.3) is 0 Å². The van der Waals surface area contributed by atoms with Gasteiger partial charge >= 0.3 is 6.03 Å². The van der Waals surface area contributed by atoms with Crippen molar-refractivity contribution in [2.45, 2.75) is 32.7 Å². The molecule has 0 bridgehead atoms. The number of carbonyl (C=O) groups excluding carboxylic acids is 1. The molecule has 4 N–H and O–H groups in total. The van der Waals surface area contributed by atoms with Crippen LogP contribution in [0, 0.1) is 17.5 Å². The number of halogens is 3. The van der Waals surface area contributed by atoms with E-state index in [4.69, 9.17) is 5.73 Å². The third-order valence-electron chi connectivity index (χ3n) is 5.36. The molecule has 0 aliphatic carbocycles. The molecule has 1 heterocycles. The van der Waals surface area contributed by atoms with Crippen LogP contribution in [-0.4, -0.2) is 15.8 Å². The van der Waals surface area contributed by atoms with Crippen LogP contribution in [0.15, 0.2) is 54.6 Å². The Bertz CT molecular complexity index is 1390. The fourth-order valence-corrected chi connectivity index (χ4v) is 3.61. The Labute approximate surface area is 194 Å². The SMILES string of the molecule is CC(C)(C)c1cc(NC(=O)Nc2cc(F)cc(F)c2F)n(-c2cc(CN)c3ccccc3c2)n1. The summed E-state index contributed by atoms with van der Waals surface area (Å²) in [7, 11) is 0. The zero-order valence-corrected chi connectivity index (χ0v) is 18.9. The van der Waals surface area contributed by atoms with Crippen LogP contribution in [-0.2, 0) is 12.0 Å². The van der Waals surface area contributed by atoms with Crippen LogP contribution in [0.25, 0.3) is 16.5 Å². The highest BCUT2D eigenvalue weighted by Crippen LogP contribution is 2.29. The van der Waals surface area contributed by atoms with Crippen LogP contribution in [0.3, 0.4) is 0 Å². The van der Waals surface area contributed by atoms with E-state index >= 15 is 0 Å². The first kappa shape index (κ1) is 23.3. The Balaban J connectivity index is 1.75. The van der Waals surface area contributed by atoms with Crippen molar-refractivity contribution in [3.05, 3.63) is 83.3 Å². The van der Waals surface area contributed by atoms with Gasteiger partial charge in [-0.1, -0.05) is 45.0 Å². The zero-order chi connectivity index (χ0) is 24.6. The number of anilines is 2. The van der Waals surface area contributed by atoms with Gasteiger partial charge in [-0.25, -0.2) is 22.6 Å². The molecule has 4 rings (SSSR count). The lowest BCUT2D eigenvalue weighted by atomic mass is 9.92. The molecule has 0 aliphatic heterocycles. The van der Waals surface area contributed by atoms with Crippen LogP contribution in [0.5, 0.6) is 0 Å². The molecule has 34 heavy (non-hydrogen) atoms. The Morgan fingerprint density at radius 1 is 1.03 bits per heavy atom. The standard InChI is InChI=1S/C25H24F3N5O/c1-25(2,3)21-12-22(31-24(34)30-20-11-16(26)10-19(27)23(20)28)33(32-21)17-8-14-6-4-5-7-18(14)15(9-17)13-29/h4-12H,13,29H2,1-3H3,(H2,30,31,34).